The number of nitrogens with zero attached hydrogens (tertiary/aromatic N) is 2. The number of piperidine rings is 2. The highest BCUT2D eigenvalue weighted by Gasteiger charge is 2.45. The van der Waals surface area contributed by atoms with Crippen LogP contribution in [0.25, 0.3) is 0 Å². The van der Waals surface area contributed by atoms with E-state index in [0.29, 0.717) is 38.0 Å². The van der Waals surface area contributed by atoms with Crippen LogP contribution >= 0.6 is 0 Å². The van der Waals surface area contributed by atoms with Crippen LogP contribution in [-0.4, -0.2) is 63.6 Å². The number of hydrogen-bond acceptors (Lipinski definition) is 7. The van der Waals surface area contributed by atoms with Gasteiger partial charge in [0, 0.05) is 38.7 Å². The second kappa shape index (κ2) is 9.53. The predicted molar refractivity (Wildman–Crippen MR) is 132 cm³/mol. The van der Waals surface area contributed by atoms with Crippen LogP contribution in [0.5, 0.6) is 0 Å². The fourth-order valence-electron chi connectivity index (χ4n) is 5.29. The minimum Gasteiger partial charge on any atom is -0.385 e. The summed E-state index contributed by atoms with van der Waals surface area (Å²) < 4.78 is 0. The van der Waals surface area contributed by atoms with Crippen LogP contribution in [0.15, 0.2) is 42.5 Å². The van der Waals surface area contributed by atoms with E-state index in [9.17, 15) is 29.1 Å². The third kappa shape index (κ3) is 4.77. The number of rotatable bonds is 5. The van der Waals surface area contributed by atoms with Crippen molar-refractivity contribution in [1.29, 1.82) is 0 Å². The first-order valence-corrected chi connectivity index (χ1v) is 12.3. The van der Waals surface area contributed by atoms with Gasteiger partial charge in [-0.05, 0) is 54.7 Å². The van der Waals surface area contributed by atoms with Crippen LogP contribution in [0.2, 0.25) is 0 Å². The number of benzene rings is 2. The van der Waals surface area contributed by atoms with Crippen molar-refractivity contribution in [3.63, 3.8) is 0 Å². The van der Waals surface area contributed by atoms with E-state index in [2.05, 4.69) is 15.5 Å². The zero-order chi connectivity index (χ0) is 26.3. The molecule has 10 heteroatoms. The Morgan fingerprint density at radius 1 is 1.03 bits per heavy atom. The first-order chi connectivity index (χ1) is 17.6. The van der Waals surface area contributed by atoms with Crippen LogP contribution in [0.4, 0.5) is 5.69 Å². The number of likely N-dealkylation sites (tertiary alicyclic amines) is 1. The molecule has 0 spiro atoms. The quantitative estimate of drug-likeness (QED) is 0.526. The van der Waals surface area contributed by atoms with Gasteiger partial charge in [-0.25, -0.2) is 0 Å². The van der Waals surface area contributed by atoms with Gasteiger partial charge in [0.25, 0.3) is 11.8 Å². The summed E-state index contributed by atoms with van der Waals surface area (Å²) in [5.41, 5.74) is 1.62. The van der Waals surface area contributed by atoms with E-state index in [1.165, 1.54) is 13.0 Å². The molecule has 3 aliphatic rings. The molecule has 3 aliphatic heterocycles. The highest BCUT2D eigenvalue weighted by Crippen LogP contribution is 2.36. The smallest absolute Gasteiger partial charge is 0.262 e. The average molecular weight is 505 g/mol. The Morgan fingerprint density at radius 2 is 1.70 bits per heavy atom. The molecule has 0 saturated carbocycles. The number of imide groups is 2. The number of carbonyl (C=O) groups is 5. The maximum atomic E-state index is 13.1. The van der Waals surface area contributed by atoms with Gasteiger partial charge in [0.2, 0.25) is 17.7 Å². The largest absolute Gasteiger partial charge is 0.385 e. The molecule has 2 saturated heterocycles. The number of aliphatic hydroxyl groups is 1. The molecule has 0 aliphatic carbocycles. The summed E-state index contributed by atoms with van der Waals surface area (Å²) in [5.74, 6) is -2.34. The van der Waals surface area contributed by atoms with E-state index in [0.717, 1.165) is 16.2 Å². The zero-order valence-electron chi connectivity index (χ0n) is 20.5. The maximum Gasteiger partial charge on any atom is 0.262 e. The SMILES string of the molecule is CC(=O)Nc1ccc(CN2CCC(O)(c3ccc4c(c3)C(=O)N(C3CCC(=O)NC3=O)C4=O)CC2)cc1. The van der Waals surface area contributed by atoms with Crippen molar-refractivity contribution < 1.29 is 29.1 Å². The van der Waals surface area contributed by atoms with Gasteiger partial charge in [0.05, 0.1) is 16.7 Å². The van der Waals surface area contributed by atoms with E-state index in [-0.39, 0.29) is 29.9 Å². The molecular formula is C27H28N4O6. The van der Waals surface area contributed by atoms with Crippen LogP contribution < -0.4 is 10.6 Å². The normalized spacial score (nSPS) is 21.6. The molecule has 3 N–H and O–H groups in total. The lowest BCUT2D eigenvalue weighted by molar-refractivity contribution is -0.136. The van der Waals surface area contributed by atoms with E-state index < -0.39 is 35.3 Å². The van der Waals surface area contributed by atoms with Crippen molar-refractivity contribution in [2.24, 2.45) is 0 Å². The van der Waals surface area contributed by atoms with E-state index >= 15 is 0 Å². The second-order valence-electron chi connectivity index (χ2n) is 9.89. The van der Waals surface area contributed by atoms with Crippen molar-refractivity contribution in [1.82, 2.24) is 15.1 Å². The third-order valence-corrected chi connectivity index (χ3v) is 7.34. The van der Waals surface area contributed by atoms with Gasteiger partial charge in [-0.15, -0.1) is 0 Å². The fourth-order valence-corrected chi connectivity index (χ4v) is 5.29. The lowest BCUT2D eigenvalue weighted by Gasteiger charge is -2.38. The minimum atomic E-state index is -1.15. The zero-order valence-corrected chi connectivity index (χ0v) is 20.5. The molecule has 37 heavy (non-hydrogen) atoms. The van der Waals surface area contributed by atoms with Gasteiger partial charge in [-0.3, -0.25) is 39.1 Å². The van der Waals surface area contributed by atoms with Crippen LogP contribution in [0.1, 0.15) is 64.4 Å². The fraction of sp³-hybridized carbons (Fsp3) is 0.370. The average Bonchev–Trinajstić information content (AvgIpc) is 3.11. The summed E-state index contributed by atoms with van der Waals surface area (Å²) in [7, 11) is 0. The lowest BCUT2D eigenvalue weighted by Crippen LogP contribution is -2.54. The van der Waals surface area contributed by atoms with Gasteiger partial charge in [-0.2, -0.15) is 0 Å². The summed E-state index contributed by atoms with van der Waals surface area (Å²) in [6.07, 6.45) is 1.06. The Bertz CT molecular complexity index is 1300. The molecule has 5 rings (SSSR count). The monoisotopic (exact) mass is 504 g/mol. The molecule has 2 aromatic rings. The van der Waals surface area contributed by atoms with E-state index in [1.54, 1.807) is 12.1 Å². The highest BCUT2D eigenvalue weighted by atomic mass is 16.3. The number of amides is 5. The Morgan fingerprint density at radius 3 is 2.35 bits per heavy atom. The van der Waals surface area contributed by atoms with E-state index in [1.807, 2.05) is 24.3 Å². The molecule has 1 unspecified atom stereocenters. The minimum absolute atomic E-state index is 0.0603. The van der Waals surface area contributed by atoms with Gasteiger partial charge < -0.3 is 10.4 Å². The first-order valence-electron chi connectivity index (χ1n) is 12.3. The van der Waals surface area contributed by atoms with Crippen LogP contribution in [0, 0.1) is 0 Å². The molecular weight excluding hydrogens is 476 g/mol. The molecule has 0 bridgehead atoms. The molecule has 2 aromatic carbocycles. The molecule has 3 heterocycles. The van der Waals surface area contributed by atoms with Crippen molar-refractivity contribution in [2.75, 3.05) is 18.4 Å². The molecule has 1 atom stereocenters. The standard InChI is InChI=1S/C27H28N4O6/c1-16(32)28-19-5-2-17(3-6-19)15-30-12-10-27(37,11-13-30)18-4-7-20-21(14-18)26(36)31(25(20)35)22-8-9-23(33)29-24(22)34/h2-7,14,22,37H,8-13,15H2,1H3,(H,28,32)(H,29,33,34). The second-order valence-corrected chi connectivity index (χ2v) is 9.89. The molecule has 0 aromatic heterocycles. The molecule has 10 nitrogen and oxygen atoms in total. The van der Waals surface area contributed by atoms with Crippen molar-refractivity contribution in [3.05, 3.63) is 64.7 Å². The first kappa shape index (κ1) is 24.8. The van der Waals surface area contributed by atoms with Gasteiger partial charge in [0.1, 0.15) is 6.04 Å². The highest BCUT2D eigenvalue weighted by molar-refractivity contribution is 6.23. The Labute approximate surface area is 213 Å². The molecule has 2 fully saturated rings. The summed E-state index contributed by atoms with van der Waals surface area (Å²) in [4.78, 5) is 64.2. The maximum absolute atomic E-state index is 13.1. The van der Waals surface area contributed by atoms with Crippen LogP contribution in [0.3, 0.4) is 0 Å². The summed E-state index contributed by atoms with van der Waals surface area (Å²) in [6.45, 7) is 3.44. The molecule has 5 amide bonds. The molecule has 192 valence electrons. The number of fused-ring (bicyclic) bond motifs is 1. The van der Waals surface area contributed by atoms with Crippen molar-refractivity contribution in [3.8, 4) is 0 Å². The number of nitrogens with one attached hydrogen (secondary N) is 2. The van der Waals surface area contributed by atoms with Gasteiger partial charge in [0.15, 0.2) is 0 Å². The number of carbonyl (C=O) groups excluding carboxylic acids is 5. The number of anilines is 1. The van der Waals surface area contributed by atoms with Crippen molar-refractivity contribution >= 4 is 35.2 Å². The molecule has 0 radical (unpaired) electrons. The van der Waals surface area contributed by atoms with Crippen molar-refractivity contribution in [2.45, 2.75) is 50.8 Å². The summed E-state index contributed by atoms with van der Waals surface area (Å²) >= 11 is 0. The van der Waals surface area contributed by atoms with Gasteiger partial charge in [-0.1, -0.05) is 18.2 Å². The third-order valence-electron chi connectivity index (χ3n) is 7.34. The summed E-state index contributed by atoms with van der Waals surface area (Å²) in [5, 5.41) is 16.4. The summed E-state index contributed by atoms with van der Waals surface area (Å²) in [6, 6.07) is 11.4. The lowest BCUT2D eigenvalue weighted by atomic mass is 9.83. The van der Waals surface area contributed by atoms with Crippen LogP contribution in [-0.2, 0) is 26.5 Å². The predicted octanol–water partition coefficient (Wildman–Crippen LogP) is 1.53. The Kier molecular flexibility index (Phi) is 6.38. The number of hydrogen-bond donors (Lipinski definition) is 3. The van der Waals surface area contributed by atoms with Gasteiger partial charge >= 0.3 is 0 Å². The topological polar surface area (TPSA) is 136 Å². The Hall–Kier alpha value is -3.89. The van der Waals surface area contributed by atoms with E-state index in [4.69, 9.17) is 0 Å². The Balaban J connectivity index is 1.26.